The van der Waals surface area contributed by atoms with Gasteiger partial charge in [0, 0.05) is 0 Å². The lowest BCUT2D eigenvalue weighted by atomic mass is 10.2. The SMILES string of the molecule is O=C(Nc1ccccc1OC(F)F)c1cccc(Br)c1F. The van der Waals surface area contributed by atoms with E-state index in [1.807, 2.05) is 0 Å². The fourth-order valence-corrected chi connectivity index (χ4v) is 2.00. The summed E-state index contributed by atoms with van der Waals surface area (Å²) in [7, 11) is 0. The number of para-hydroxylation sites is 2. The van der Waals surface area contributed by atoms with Crippen LogP contribution in [0.15, 0.2) is 46.9 Å². The van der Waals surface area contributed by atoms with Gasteiger partial charge in [0.15, 0.2) is 0 Å². The van der Waals surface area contributed by atoms with E-state index in [0.717, 1.165) is 0 Å². The minimum atomic E-state index is -3.02. The van der Waals surface area contributed by atoms with Crippen molar-refractivity contribution in [2.45, 2.75) is 6.61 Å². The number of amides is 1. The molecule has 3 nitrogen and oxygen atoms in total. The minimum Gasteiger partial charge on any atom is -0.433 e. The van der Waals surface area contributed by atoms with Crippen LogP contribution < -0.4 is 10.1 Å². The number of benzene rings is 2. The zero-order chi connectivity index (χ0) is 15.4. The number of ether oxygens (including phenoxy) is 1. The number of carbonyl (C=O) groups excluding carboxylic acids is 1. The van der Waals surface area contributed by atoms with Gasteiger partial charge in [0.1, 0.15) is 11.6 Å². The highest BCUT2D eigenvalue weighted by atomic mass is 79.9. The molecule has 0 atom stereocenters. The van der Waals surface area contributed by atoms with Gasteiger partial charge in [-0.1, -0.05) is 18.2 Å². The van der Waals surface area contributed by atoms with Crippen LogP contribution in [0.5, 0.6) is 5.75 Å². The van der Waals surface area contributed by atoms with Crippen molar-refractivity contribution in [3.63, 3.8) is 0 Å². The summed E-state index contributed by atoms with van der Waals surface area (Å²) in [6.45, 7) is -3.02. The molecule has 7 heteroatoms. The Balaban J connectivity index is 2.26. The van der Waals surface area contributed by atoms with E-state index in [-0.39, 0.29) is 21.5 Å². The summed E-state index contributed by atoms with van der Waals surface area (Å²) in [5, 5.41) is 2.34. The molecule has 1 N–H and O–H groups in total. The van der Waals surface area contributed by atoms with Crippen LogP contribution >= 0.6 is 15.9 Å². The quantitative estimate of drug-likeness (QED) is 0.876. The summed E-state index contributed by atoms with van der Waals surface area (Å²) < 4.78 is 42.8. The van der Waals surface area contributed by atoms with Gasteiger partial charge in [0.2, 0.25) is 0 Å². The van der Waals surface area contributed by atoms with Crippen LogP contribution in [0.2, 0.25) is 0 Å². The van der Waals surface area contributed by atoms with E-state index in [4.69, 9.17) is 0 Å². The second kappa shape index (κ2) is 6.62. The maximum atomic E-state index is 13.8. The molecule has 0 saturated heterocycles. The largest absolute Gasteiger partial charge is 0.433 e. The lowest BCUT2D eigenvalue weighted by molar-refractivity contribution is -0.0493. The van der Waals surface area contributed by atoms with Crippen molar-refractivity contribution >= 4 is 27.5 Å². The lowest BCUT2D eigenvalue weighted by Gasteiger charge is -2.12. The Morgan fingerprint density at radius 1 is 1.14 bits per heavy atom. The van der Waals surface area contributed by atoms with Crippen molar-refractivity contribution in [2.24, 2.45) is 0 Å². The number of anilines is 1. The van der Waals surface area contributed by atoms with E-state index in [1.54, 1.807) is 0 Å². The fourth-order valence-electron chi connectivity index (χ4n) is 1.64. The molecule has 0 heterocycles. The molecule has 0 aliphatic heterocycles. The molecule has 1 amide bonds. The monoisotopic (exact) mass is 359 g/mol. The first-order valence-electron chi connectivity index (χ1n) is 5.78. The van der Waals surface area contributed by atoms with E-state index in [0.29, 0.717) is 0 Å². The first kappa shape index (κ1) is 15.4. The van der Waals surface area contributed by atoms with Crippen molar-refractivity contribution in [3.8, 4) is 5.75 Å². The van der Waals surface area contributed by atoms with E-state index in [1.165, 1.54) is 42.5 Å². The second-order valence-electron chi connectivity index (χ2n) is 3.93. The average Bonchev–Trinajstić information content (AvgIpc) is 2.43. The van der Waals surface area contributed by atoms with E-state index >= 15 is 0 Å². The summed E-state index contributed by atoms with van der Waals surface area (Å²) in [6.07, 6.45) is 0. The summed E-state index contributed by atoms with van der Waals surface area (Å²) in [4.78, 5) is 12.0. The third-order valence-corrected chi connectivity index (χ3v) is 3.16. The van der Waals surface area contributed by atoms with Gasteiger partial charge >= 0.3 is 6.61 Å². The molecule has 2 aromatic carbocycles. The van der Waals surface area contributed by atoms with Crippen LogP contribution in [0, 0.1) is 5.82 Å². The maximum absolute atomic E-state index is 13.8. The Morgan fingerprint density at radius 3 is 2.57 bits per heavy atom. The van der Waals surface area contributed by atoms with Crippen molar-refractivity contribution in [1.29, 1.82) is 0 Å². The van der Waals surface area contributed by atoms with Crippen LogP contribution in [0.3, 0.4) is 0 Å². The highest BCUT2D eigenvalue weighted by Gasteiger charge is 2.16. The van der Waals surface area contributed by atoms with Gasteiger partial charge in [-0.3, -0.25) is 4.79 Å². The topological polar surface area (TPSA) is 38.3 Å². The standard InChI is InChI=1S/C14H9BrF3NO2/c15-9-5-3-4-8(12(9)16)13(20)19-10-6-1-2-7-11(10)21-14(17)18/h1-7,14H,(H,19,20). The van der Waals surface area contributed by atoms with Crippen LogP contribution in [0.1, 0.15) is 10.4 Å². The lowest BCUT2D eigenvalue weighted by Crippen LogP contribution is -2.15. The summed E-state index contributed by atoms with van der Waals surface area (Å²) in [6, 6.07) is 9.89. The second-order valence-corrected chi connectivity index (χ2v) is 4.78. The molecule has 0 aliphatic carbocycles. The predicted molar refractivity (Wildman–Crippen MR) is 75.1 cm³/mol. The average molecular weight is 360 g/mol. The summed E-state index contributed by atoms with van der Waals surface area (Å²) >= 11 is 2.97. The van der Waals surface area contributed by atoms with Crippen molar-refractivity contribution in [1.82, 2.24) is 0 Å². The Labute approximate surface area is 126 Å². The van der Waals surface area contributed by atoms with Crippen molar-refractivity contribution in [2.75, 3.05) is 5.32 Å². The molecule has 2 aromatic rings. The van der Waals surface area contributed by atoms with Gasteiger partial charge in [-0.25, -0.2) is 4.39 Å². The van der Waals surface area contributed by atoms with Gasteiger partial charge in [0.25, 0.3) is 5.91 Å². The van der Waals surface area contributed by atoms with Crippen LogP contribution in [0.4, 0.5) is 18.9 Å². The molecule has 0 aromatic heterocycles. The van der Waals surface area contributed by atoms with Gasteiger partial charge in [-0.15, -0.1) is 0 Å². The third kappa shape index (κ3) is 3.75. The van der Waals surface area contributed by atoms with Gasteiger partial charge < -0.3 is 10.1 Å². The molecule has 0 aliphatic rings. The van der Waals surface area contributed by atoms with E-state index < -0.39 is 18.3 Å². The summed E-state index contributed by atoms with van der Waals surface area (Å²) in [5.74, 6) is -1.70. The molecule has 21 heavy (non-hydrogen) atoms. The smallest absolute Gasteiger partial charge is 0.387 e. The number of alkyl halides is 2. The number of hydrogen-bond donors (Lipinski definition) is 1. The van der Waals surface area contributed by atoms with Gasteiger partial charge in [0.05, 0.1) is 15.7 Å². The molecular formula is C14H9BrF3NO2. The van der Waals surface area contributed by atoms with Crippen molar-refractivity contribution in [3.05, 3.63) is 58.3 Å². The van der Waals surface area contributed by atoms with Gasteiger partial charge in [-0.05, 0) is 40.2 Å². The Hall–Kier alpha value is -2.02. The number of hydrogen-bond acceptors (Lipinski definition) is 2. The molecule has 0 spiro atoms. The molecule has 0 saturated carbocycles. The Bertz CT molecular complexity index is 664. The zero-order valence-corrected chi connectivity index (χ0v) is 12.0. The van der Waals surface area contributed by atoms with Crippen LogP contribution in [-0.2, 0) is 0 Å². The summed E-state index contributed by atoms with van der Waals surface area (Å²) in [5.41, 5.74) is -0.182. The fraction of sp³-hybridized carbons (Fsp3) is 0.0714. The van der Waals surface area contributed by atoms with Gasteiger partial charge in [-0.2, -0.15) is 8.78 Å². The number of rotatable bonds is 4. The maximum Gasteiger partial charge on any atom is 0.387 e. The third-order valence-electron chi connectivity index (χ3n) is 2.55. The molecular weight excluding hydrogens is 351 g/mol. The zero-order valence-electron chi connectivity index (χ0n) is 10.4. The molecule has 0 fully saturated rings. The van der Waals surface area contributed by atoms with Crippen molar-refractivity contribution < 1.29 is 22.7 Å². The molecule has 0 radical (unpaired) electrons. The Kier molecular flexibility index (Phi) is 4.85. The molecule has 2 rings (SSSR count). The number of halogens is 4. The minimum absolute atomic E-state index is 0.0298. The molecule has 0 unspecified atom stereocenters. The Morgan fingerprint density at radius 2 is 1.86 bits per heavy atom. The van der Waals surface area contributed by atoms with E-state index in [9.17, 15) is 18.0 Å². The van der Waals surface area contributed by atoms with Crippen LogP contribution in [-0.4, -0.2) is 12.5 Å². The highest BCUT2D eigenvalue weighted by molar-refractivity contribution is 9.10. The molecule has 0 bridgehead atoms. The first-order chi connectivity index (χ1) is 9.99. The predicted octanol–water partition coefficient (Wildman–Crippen LogP) is 4.44. The number of nitrogens with one attached hydrogen (secondary N) is 1. The van der Waals surface area contributed by atoms with E-state index in [2.05, 4.69) is 26.0 Å². The molecule has 110 valence electrons. The highest BCUT2D eigenvalue weighted by Crippen LogP contribution is 2.27. The van der Waals surface area contributed by atoms with Crippen LogP contribution in [0.25, 0.3) is 0 Å². The first-order valence-corrected chi connectivity index (χ1v) is 6.57. The normalized spacial score (nSPS) is 10.5. The number of carbonyl (C=O) groups is 1.